The Bertz CT molecular complexity index is 305. The molecule has 17 heavy (non-hydrogen) atoms. The number of nitrogens with two attached hydrogens (primary N) is 1. The molecule has 1 amide bonds. The van der Waals surface area contributed by atoms with Crippen LogP contribution < -0.4 is 11.1 Å². The summed E-state index contributed by atoms with van der Waals surface area (Å²) in [6, 6.07) is -1.01. The third-order valence-electron chi connectivity index (χ3n) is 2.29. The van der Waals surface area contributed by atoms with Crippen molar-refractivity contribution in [3.63, 3.8) is 0 Å². The van der Waals surface area contributed by atoms with E-state index in [9.17, 15) is 9.59 Å². The highest BCUT2D eigenvalue weighted by Gasteiger charge is 2.35. The fraction of sp³-hybridized carbons (Fsp3) is 0.636. The zero-order valence-electron chi connectivity index (χ0n) is 10.4. The molecule has 0 heterocycles. The van der Waals surface area contributed by atoms with Crippen LogP contribution in [0.4, 0.5) is 0 Å². The Morgan fingerprint density at radius 2 is 2.12 bits per heavy atom. The lowest BCUT2D eigenvalue weighted by atomic mass is 10.1. The van der Waals surface area contributed by atoms with Crippen LogP contribution in [-0.2, 0) is 9.59 Å². The largest absolute Gasteiger partial charge is 0.480 e. The molecule has 0 aromatic carbocycles. The second-order valence-electron chi connectivity index (χ2n) is 4.21. The minimum atomic E-state index is -1.07. The maximum atomic E-state index is 11.6. The smallest absolute Gasteiger partial charge is 0.321 e. The van der Waals surface area contributed by atoms with Crippen molar-refractivity contribution in [2.24, 2.45) is 5.73 Å². The number of carboxylic acid groups (broad SMARTS) is 1. The van der Waals surface area contributed by atoms with Gasteiger partial charge in [0, 0.05) is 11.3 Å². The van der Waals surface area contributed by atoms with Crippen LogP contribution in [0.2, 0.25) is 0 Å². The molecule has 6 heteroatoms. The van der Waals surface area contributed by atoms with E-state index >= 15 is 0 Å². The predicted octanol–water partition coefficient (Wildman–Crippen LogP) is 0.601. The lowest BCUT2D eigenvalue weighted by Crippen LogP contribution is -2.48. The van der Waals surface area contributed by atoms with E-state index < -0.39 is 16.8 Å². The molecular weight excluding hydrogens is 240 g/mol. The van der Waals surface area contributed by atoms with Gasteiger partial charge in [-0.2, -0.15) is 0 Å². The molecule has 0 spiro atoms. The lowest BCUT2D eigenvalue weighted by molar-refractivity contribution is -0.139. The summed E-state index contributed by atoms with van der Waals surface area (Å²) in [6.07, 6.45) is 1.59. The van der Waals surface area contributed by atoms with Gasteiger partial charge in [-0.05, 0) is 20.8 Å². The van der Waals surface area contributed by atoms with E-state index in [0.29, 0.717) is 6.54 Å². The first-order valence-electron chi connectivity index (χ1n) is 5.27. The van der Waals surface area contributed by atoms with Gasteiger partial charge in [0.05, 0.1) is 5.25 Å². The summed E-state index contributed by atoms with van der Waals surface area (Å²) in [5.41, 5.74) is 5.57. The number of carbonyl (C=O) groups excluding carboxylic acids is 1. The summed E-state index contributed by atoms with van der Waals surface area (Å²) in [6.45, 7) is 9.05. The Morgan fingerprint density at radius 3 is 2.53 bits per heavy atom. The zero-order chi connectivity index (χ0) is 13.6. The van der Waals surface area contributed by atoms with E-state index in [1.807, 2.05) is 0 Å². The van der Waals surface area contributed by atoms with Gasteiger partial charge < -0.3 is 16.2 Å². The first-order chi connectivity index (χ1) is 7.72. The van der Waals surface area contributed by atoms with E-state index in [2.05, 4.69) is 11.9 Å². The summed E-state index contributed by atoms with van der Waals surface area (Å²) in [5, 5.41) is 11.1. The zero-order valence-corrected chi connectivity index (χ0v) is 11.2. The van der Waals surface area contributed by atoms with E-state index in [1.165, 1.54) is 11.8 Å². The molecule has 0 rings (SSSR count). The predicted molar refractivity (Wildman–Crippen MR) is 69.9 cm³/mol. The molecule has 0 bridgehead atoms. The Morgan fingerprint density at radius 1 is 1.59 bits per heavy atom. The molecule has 5 nitrogen and oxygen atoms in total. The first-order valence-corrected chi connectivity index (χ1v) is 6.15. The maximum absolute atomic E-state index is 11.6. The van der Waals surface area contributed by atoms with Crippen LogP contribution in [0.15, 0.2) is 12.7 Å². The minimum absolute atomic E-state index is 0.152. The molecule has 0 fully saturated rings. The SMILES string of the molecule is C=CCNC(=O)C(C)SC(C)(C)[C@@H](N)C(=O)O. The number of amides is 1. The van der Waals surface area contributed by atoms with E-state index in [-0.39, 0.29) is 11.2 Å². The Labute approximate surface area is 106 Å². The van der Waals surface area contributed by atoms with Crippen molar-refractivity contribution in [2.45, 2.75) is 36.8 Å². The number of hydrogen-bond acceptors (Lipinski definition) is 4. The summed E-state index contributed by atoms with van der Waals surface area (Å²) in [7, 11) is 0. The molecule has 0 saturated heterocycles. The van der Waals surface area contributed by atoms with Crippen molar-refractivity contribution < 1.29 is 14.7 Å². The Balaban J connectivity index is 4.44. The molecule has 2 atom stereocenters. The van der Waals surface area contributed by atoms with Gasteiger partial charge >= 0.3 is 5.97 Å². The molecule has 0 aliphatic rings. The summed E-state index contributed by atoms with van der Waals surface area (Å²) < 4.78 is -0.712. The van der Waals surface area contributed by atoms with Gasteiger partial charge in [0.1, 0.15) is 6.04 Å². The van der Waals surface area contributed by atoms with E-state index in [0.717, 1.165) is 0 Å². The van der Waals surface area contributed by atoms with Crippen molar-refractivity contribution in [2.75, 3.05) is 6.54 Å². The molecule has 0 saturated carbocycles. The van der Waals surface area contributed by atoms with Gasteiger partial charge in [-0.15, -0.1) is 18.3 Å². The van der Waals surface area contributed by atoms with Gasteiger partial charge in [-0.3, -0.25) is 9.59 Å². The molecule has 0 radical (unpaired) electrons. The van der Waals surface area contributed by atoms with Crippen LogP contribution in [0.25, 0.3) is 0 Å². The van der Waals surface area contributed by atoms with Gasteiger partial charge in [0.15, 0.2) is 0 Å². The van der Waals surface area contributed by atoms with Crippen molar-refractivity contribution in [1.82, 2.24) is 5.32 Å². The number of carboxylic acids is 1. The highest BCUT2D eigenvalue weighted by atomic mass is 32.2. The second-order valence-corrected chi connectivity index (χ2v) is 6.21. The number of thioether (sulfide) groups is 1. The van der Waals surface area contributed by atoms with E-state index in [1.54, 1.807) is 26.8 Å². The Hall–Kier alpha value is -1.01. The molecular formula is C11H20N2O3S. The molecule has 0 aromatic rings. The molecule has 4 N–H and O–H groups in total. The number of rotatable bonds is 7. The summed E-state index contributed by atoms with van der Waals surface area (Å²) in [5.74, 6) is -1.22. The van der Waals surface area contributed by atoms with Crippen LogP contribution in [0.1, 0.15) is 20.8 Å². The highest BCUT2D eigenvalue weighted by molar-refractivity contribution is 8.02. The number of hydrogen-bond donors (Lipinski definition) is 3. The quantitative estimate of drug-likeness (QED) is 0.583. The first kappa shape index (κ1) is 16.0. The highest BCUT2D eigenvalue weighted by Crippen LogP contribution is 2.31. The maximum Gasteiger partial charge on any atom is 0.321 e. The summed E-state index contributed by atoms with van der Waals surface area (Å²) >= 11 is 1.24. The average molecular weight is 260 g/mol. The molecule has 0 aliphatic heterocycles. The molecule has 0 aliphatic carbocycles. The van der Waals surface area contributed by atoms with Crippen LogP contribution in [0, 0.1) is 0 Å². The van der Waals surface area contributed by atoms with Crippen molar-refractivity contribution >= 4 is 23.6 Å². The normalized spacial score (nSPS) is 14.8. The minimum Gasteiger partial charge on any atom is -0.480 e. The lowest BCUT2D eigenvalue weighted by Gasteiger charge is -2.30. The third kappa shape index (κ3) is 5.23. The number of aliphatic carboxylic acids is 1. The number of nitrogens with one attached hydrogen (secondary N) is 1. The van der Waals surface area contributed by atoms with Crippen LogP contribution in [-0.4, -0.2) is 39.6 Å². The second kappa shape index (κ2) is 6.66. The van der Waals surface area contributed by atoms with Gasteiger partial charge in [-0.1, -0.05) is 6.08 Å². The fourth-order valence-corrected chi connectivity index (χ4v) is 2.55. The average Bonchev–Trinajstić information content (AvgIpc) is 2.23. The Kier molecular flexibility index (Phi) is 6.26. The van der Waals surface area contributed by atoms with E-state index in [4.69, 9.17) is 10.8 Å². The van der Waals surface area contributed by atoms with Crippen molar-refractivity contribution in [1.29, 1.82) is 0 Å². The molecule has 98 valence electrons. The number of carbonyl (C=O) groups is 2. The van der Waals surface area contributed by atoms with Crippen LogP contribution in [0.3, 0.4) is 0 Å². The molecule has 0 aromatic heterocycles. The van der Waals surface area contributed by atoms with Gasteiger partial charge in [0.25, 0.3) is 0 Å². The molecule has 1 unspecified atom stereocenters. The van der Waals surface area contributed by atoms with Crippen LogP contribution >= 0.6 is 11.8 Å². The van der Waals surface area contributed by atoms with Gasteiger partial charge in [-0.25, -0.2) is 0 Å². The summed E-state index contributed by atoms with van der Waals surface area (Å²) in [4.78, 5) is 22.4. The fourth-order valence-electron chi connectivity index (χ4n) is 1.20. The van der Waals surface area contributed by atoms with Gasteiger partial charge in [0.2, 0.25) is 5.91 Å². The van der Waals surface area contributed by atoms with Crippen molar-refractivity contribution in [3.05, 3.63) is 12.7 Å². The topological polar surface area (TPSA) is 92.4 Å². The standard InChI is InChI=1S/C11H20N2O3S/c1-5-6-13-9(14)7(2)17-11(3,4)8(12)10(15)16/h5,7-8H,1,6,12H2,2-4H3,(H,13,14)(H,15,16)/t7?,8-/m0/s1. The van der Waals surface area contributed by atoms with Crippen molar-refractivity contribution in [3.8, 4) is 0 Å². The third-order valence-corrected chi connectivity index (χ3v) is 3.71. The monoisotopic (exact) mass is 260 g/mol. The van der Waals surface area contributed by atoms with Crippen LogP contribution in [0.5, 0.6) is 0 Å².